The molecule has 0 fully saturated rings. The smallest absolute Gasteiger partial charge is 0.306 e. The number of carbonyl (C=O) groups is 3. The summed E-state index contributed by atoms with van der Waals surface area (Å²) in [5.41, 5.74) is 3.95. The average molecular weight is 719 g/mol. The van der Waals surface area contributed by atoms with Crippen molar-refractivity contribution in [1.29, 1.82) is 0 Å². The second-order valence-corrected chi connectivity index (χ2v) is 12.8. The molecule has 0 bridgehead atoms. The summed E-state index contributed by atoms with van der Waals surface area (Å²) in [4.78, 5) is 39.1. The number of rotatable bonds is 23. The Labute approximate surface area is 312 Å². The van der Waals surface area contributed by atoms with Crippen LogP contribution in [-0.2, 0) is 45.2 Å². The lowest BCUT2D eigenvalue weighted by atomic mass is 9.97. The minimum absolute atomic E-state index is 0.0380. The van der Waals surface area contributed by atoms with Gasteiger partial charge in [-0.15, -0.1) is 13.2 Å². The van der Waals surface area contributed by atoms with Crippen LogP contribution in [0.3, 0.4) is 0 Å². The lowest BCUT2D eigenvalue weighted by molar-refractivity contribution is -0.145. The van der Waals surface area contributed by atoms with Gasteiger partial charge in [-0.25, -0.2) is 0 Å². The van der Waals surface area contributed by atoms with Crippen LogP contribution >= 0.6 is 0 Å². The molecule has 0 saturated heterocycles. The molecule has 4 rings (SSSR count). The fraction of sp³-hybridized carbons (Fsp3) is 0.295. The number of amides is 2. The van der Waals surface area contributed by atoms with E-state index in [1.54, 1.807) is 12.2 Å². The highest BCUT2D eigenvalue weighted by atomic mass is 16.5. The zero-order valence-corrected chi connectivity index (χ0v) is 30.2. The molecule has 0 aliphatic carbocycles. The van der Waals surface area contributed by atoms with Crippen molar-refractivity contribution in [3.8, 4) is 11.5 Å². The van der Waals surface area contributed by atoms with E-state index in [1.807, 2.05) is 109 Å². The summed E-state index contributed by atoms with van der Waals surface area (Å²) in [6.45, 7) is 8.02. The van der Waals surface area contributed by atoms with Crippen molar-refractivity contribution in [3.63, 3.8) is 0 Å². The highest BCUT2D eigenvalue weighted by Gasteiger charge is 2.25. The minimum Gasteiger partial charge on any atom is -0.489 e. The molecule has 9 nitrogen and oxygen atoms in total. The van der Waals surface area contributed by atoms with E-state index >= 15 is 0 Å². The van der Waals surface area contributed by atoms with Crippen LogP contribution in [0, 0.1) is 5.92 Å². The van der Waals surface area contributed by atoms with Gasteiger partial charge in [-0.2, -0.15) is 0 Å². The summed E-state index contributed by atoms with van der Waals surface area (Å²) in [5, 5.41) is 16.0. The lowest BCUT2D eigenvalue weighted by Crippen LogP contribution is -2.45. The zero-order valence-electron chi connectivity index (χ0n) is 30.2. The van der Waals surface area contributed by atoms with E-state index in [1.165, 1.54) is 0 Å². The van der Waals surface area contributed by atoms with Crippen molar-refractivity contribution in [3.05, 3.63) is 157 Å². The fourth-order valence-corrected chi connectivity index (χ4v) is 5.61. The number of esters is 1. The summed E-state index contributed by atoms with van der Waals surface area (Å²) in [6, 6.07) is 33.7. The normalized spacial score (nSPS) is 12.4. The van der Waals surface area contributed by atoms with Crippen LogP contribution in [-0.4, -0.2) is 48.2 Å². The van der Waals surface area contributed by atoms with Crippen LogP contribution in [0.15, 0.2) is 135 Å². The van der Waals surface area contributed by atoms with E-state index in [-0.39, 0.29) is 50.3 Å². The topological polar surface area (TPSA) is 123 Å². The maximum absolute atomic E-state index is 13.6. The largest absolute Gasteiger partial charge is 0.489 e. The third kappa shape index (κ3) is 14.8. The first-order valence-corrected chi connectivity index (χ1v) is 17.9. The second-order valence-electron chi connectivity index (χ2n) is 12.8. The van der Waals surface area contributed by atoms with Gasteiger partial charge in [0, 0.05) is 12.8 Å². The molecule has 0 spiro atoms. The number of aliphatic hydroxyl groups is 1. The molecule has 9 heteroatoms. The molecule has 0 heterocycles. The van der Waals surface area contributed by atoms with Crippen molar-refractivity contribution in [1.82, 2.24) is 10.6 Å². The Morgan fingerprint density at radius 3 is 1.68 bits per heavy atom. The van der Waals surface area contributed by atoms with Crippen LogP contribution in [0.1, 0.15) is 47.9 Å². The molecule has 53 heavy (non-hydrogen) atoms. The highest BCUT2D eigenvalue weighted by molar-refractivity contribution is 5.86. The van der Waals surface area contributed by atoms with Gasteiger partial charge in [0.1, 0.15) is 31.3 Å². The molecule has 0 unspecified atom stereocenters. The first-order chi connectivity index (χ1) is 25.8. The number of hydrogen-bond donors (Lipinski definition) is 3. The van der Waals surface area contributed by atoms with Gasteiger partial charge < -0.3 is 30.0 Å². The van der Waals surface area contributed by atoms with E-state index < -0.39 is 18.0 Å². The average Bonchev–Trinajstić information content (AvgIpc) is 3.18. The molecule has 0 radical (unpaired) electrons. The molecular formula is C44H50N2O7. The van der Waals surface area contributed by atoms with E-state index in [0.717, 1.165) is 28.0 Å². The van der Waals surface area contributed by atoms with E-state index in [0.29, 0.717) is 38.2 Å². The SMILES string of the molecule is C=CCCC(=O)OC[C@H](Cc1ccc(OCc2ccccc2)cc1)NC(=O)[C@H](CC=C)CC(=O)N[C@H](CO)Cc1ccc(OCc2ccccc2)cc1. The molecule has 0 aliphatic heterocycles. The molecule has 2 amide bonds. The van der Waals surface area contributed by atoms with E-state index in [9.17, 15) is 19.5 Å². The Morgan fingerprint density at radius 2 is 1.19 bits per heavy atom. The molecule has 3 atom stereocenters. The number of nitrogens with one attached hydrogen (secondary N) is 2. The summed E-state index contributed by atoms with van der Waals surface area (Å²) < 4.78 is 17.3. The Morgan fingerprint density at radius 1 is 0.660 bits per heavy atom. The number of carbonyl (C=O) groups excluding carboxylic acids is 3. The Kier molecular flexibility index (Phi) is 16.9. The van der Waals surface area contributed by atoms with Crippen molar-refractivity contribution >= 4 is 17.8 Å². The molecule has 3 N–H and O–H groups in total. The molecule has 0 aliphatic rings. The standard InChI is InChI=1S/C44H50N2O7/c1-3-5-17-43(49)53-32-39(27-34-20-24-41(25-21-34)52-31-36-15-10-7-11-16-36)46-44(50)37(12-4-2)28-42(48)45-38(29-47)26-33-18-22-40(23-19-33)51-30-35-13-8-6-9-14-35/h3-4,6-11,13-16,18-25,37-39,47H,1-2,5,12,17,26-32H2,(H,45,48)(H,46,50)/t37-,38+,39+/m1/s1. The molecule has 0 saturated carbocycles. The van der Waals surface area contributed by atoms with Crippen molar-refractivity contribution in [2.24, 2.45) is 5.92 Å². The molecular weight excluding hydrogens is 668 g/mol. The van der Waals surface area contributed by atoms with E-state index in [2.05, 4.69) is 23.8 Å². The lowest BCUT2D eigenvalue weighted by Gasteiger charge is -2.23. The van der Waals surface area contributed by atoms with Gasteiger partial charge in [0.05, 0.1) is 24.6 Å². The number of aliphatic hydroxyl groups excluding tert-OH is 1. The fourth-order valence-electron chi connectivity index (χ4n) is 5.61. The van der Waals surface area contributed by atoms with Gasteiger partial charge >= 0.3 is 5.97 Å². The third-order valence-corrected chi connectivity index (χ3v) is 8.49. The van der Waals surface area contributed by atoms with Crippen molar-refractivity contribution < 1.29 is 33.7 Å². The monoisotopic (exact) mass is 718 g/mol. The molecule has 278 valence electrons. The van der Waals surface area contributed by atoms with Gasteiger partial charge in [-0.1, -0.05) is 97.1 Å². The molecule has 0 aromatic heterocycles. The van der Waals surface area contributed by atoms with Crippen LogP contribution in [0.2, 0.25) is 0 Å². The Balaban J connectivity index is 1.32. The van der Waals surface area contributed by atoms with Crippen molar-refractivity contribution in [2.45, 2.75) is 63.8 Å². The molecule has 4 aromatic carbocycles. The van der Waals surface area contributed by atoms with E-state index in [4.69, 9.17) is 14.2 Å². The summed E-state index contributed by atoms with van der Waals surface area (Å²) >= 11 is 0. The highest BCUT2D eigenvalue weighted by Crippen LogP contribution is 2.18. The summed E-state index contributed by atoms with van der Waals surface area (Å²) in [7, 11) is 0. The third-order valence-electron chi connectivity index (χ3n) is 8.49. The van der Waals surface area contributed by atoms with Crippen LogP contribution in [0.4, 0.5) is 0 Å². The maximum Gasteiger partial charge on any atom is 0.306 e. The van der Waals surface area contributed by atoms with Crippen LogP contribution in [0.5, 0.6) is 11.5 Å². The Bertz CT molecular complexity index is 1710. The molecule has 4 aromatic rings. The Hall–Kier alpha value is -5.67. The van der Waals surface area contributed by atoms with Gasteiger partial charge in [-0.05, 0) is 72.2 Å². The maximum atomic E-state index is 13.6. The second kappa shape index (κ2) is 22.3. The zero-order chi connectivity index (χ0) is 37.7. The van der Waals surface area contributed by atoms with Gasteiger partial charge in [0.15, 0.2) is 0 Å². The van der Waals surface area contributed by atoms with Crippen LogP contribution < -0.4 is 20.1 Å². The number of allylic oxidation sites excluding steroid dienone is 2. The minimum atomic E-state index is -0.722. The van der Waals surface area contributed by atoms with Gasteiger partial charge in [0.2, 0.25) is 11.8 Å². The number of hydrogen-bond acceptors (Lipinski definition) is 7. The predicted molar refractivity (Wildman–Crippen MR) is 206 cm³/mol. The number of benzene rings is 4. The first-order valence-electron chi connectivity index (χ1n) is 17.9. The van der Waals surface area contributed by atoms with Crippen LogP contribution in [0.25, 0.3) is 0 Å². The van der Waals surface area contributed by atoms with Gasteiger partial charge in [-0.3, -0.25) is 14.4 Å². The first kappa shape index (κ1) is 40.1. The number of ether oxygens (including phenoxy) is 3. The quantitative estimate of drug-likeness (QED) is 0.0578. The van der Waals surface area contributed by atoms with Gasteiger partial charge in [0.25, 0.3) is 0 Å². The van der Waals surface area contributed by atoms with Crippen molar-refractivity contribution in [2.75, 3.05) is 13.2 Å². The summed E-state index contributed by atoms with van der Waals surface area (Å²) in [6.07, 6.45) is 4.85. The predicted octanol–water partition coefficient (Wildman–Crippen LogP) is 6.68. The summed E-state index contributed by atoms with van der Waals surface area (Å²) in [5.74, 6) is -0.415.